The SMILES string of the molecule is CC(=O)c1ccc(OC(=O)CN2C(=O)N[C@@]3(CCCC[C@H]3C)C2=O)cc1. The van der Waals surface area contributed by atoms with Crippen molar-refractivity contribution in [3.63, 3.8) is 0 Å². The monoisotopic (exact) mass is 358 g/mol. The summed E-state index contributed by atoms with van der Waals surface area (Å²) in [5.74, 6) is -0.849. The number of Topliss-reactive ketones (excluding diaryl/α,β-unsaturated/α-hetero) is 1. The molecule has 3 rings (SSSR count). The Kier molecular flexibility index (Phi) is 4.80. The highest BCUT2D eigenvalue weighted by Gasteiger charge is 2.55. The van der Waals surface area contributed by atoms with E-state index in [2.05, 4.69) is 5.32 Å². The number of nitrogens with one attached hydrogen (secondary N) is 1. The number of nitrogens with zero attached hydrogens (tertiary/aromatic N) is 1. The van der Waals surface area contributed by atoms with Crippen LogP contribution in [0.1, 0.15) is 49.9 Å². The molecule has 0 bridgehead atoms. The van der Waals surface area contributed by atoms with E-state index in [4.69, 9.17) is 4.74 Å². The molecule has 1 aromatic rings. The maximum Gasteiger partial charge on any atom is 0.331 e. The van der Waals surface area contributed by atoms with E-state index < -0.39 is 24.1 Å². The third kappa shape index (κ3) is 3.21. The van der Waals surface area contributed by atoms with E-state index in [-0.39, 0.29) is 23.4 Å². The van der Waals surface area contributed by atoms with Crippen LogP contribution in [0, 0.1) is 5.92 Å². The Balaban J connectivity index is 1.66. The fourth-order valence-electron chi connectivity index (χ4n) is 3.69. The quantitative estimate of drug-likeness (QED) is 0.386. The lowest BCUT2D eigenvalue weighted by Gasteiger charge is -2.36. The Bertz CT molecular complexity index is 758. The Hall–Kier alpha value is -2.70. The maximum atomic E-state index is 12.8. The van der Waals surface area contributed by atoms with Crippen LogP contribution in [0.4, 0.5) is 4.79 Å². The number of esters is 1. The number of imide groups is 1. The molecule has 1 aromatic carbocycles. The molecular weight excluding hydrogens is 336 g/mol. The normalized spacial score (nSPS) is 25.3. The van der Waals surface area contributed by atoms with E-state index in [0.29, 0.717) is 12.0 Å². The summed E-state index contributed by atoms with van der Waals surface area (Å²) in [6.07, 6.45) is 3.37. The van der Waals surface area contributed by atoms with Gasteiger partial charge >= 0.3 is 12.0 Å². The second-order valence-electron chi connectivity index (χ2n) is 6.99. The highest BCUT2D eigenvalue weighted by molar-refractivity contribution is 6.09. The number of carbonyl (C=O) groups excluding carboxylic acids is 4. The molecule has 0 unspecified atom stereocenters. The van der Waals surface area contributed by atoms with Gasteiger partial charge in [-0.05, 0) is 49.9 Å². The molecule has 1 saturated heterocycles. The van der Waals surface area contributed by atoms with E-state index in [9.17, 15) is 19.2 Å². The van der Waals surface area contributed by atoms with Crippen molar-refractivity contribution in [3.8, 4) is 5.75 Å². The van der Waals surface area contributed by atoms with Gasteiger partial charge in [-0.1, -0.05) is 19.8 Å². The zero-order valence-electron chi connectivity index (χ0n) is 14.9. The van der Waals surface area contributed by atoms with E-state index in [1.807, 2.05) is 6.92 Å². The van der Waals surface area contributed by atoms with Gasteiger partial charge in [-0.15, -0.1) is 0 Å². The first-order chi connectivity index (χ1) is 12.3. The molecular formula is C19H22N2O5. The molecule has 1 aliphatic heterocycles. The van der Waals surface area contributed by atoms with Crippen LogP contribution in [-0.2, 0) is 9.59 Å². The van der Waals surface area contributed by atoms with Gasteiger partial charge in [0.1, 0.15) is 17.8 Å². The summed E-state index contributed by atoms with van der Waals surface area (Å²) in [7, 11) is 0. The molecule has 3 amide bonds. The first-order valence-electron chi connectivity index (χ1n) is 8.79. The minimum Gasteiger partial charge on any atom is -0.425 e. The minimum absolute atomic E-state index is 0.0350. The Morgan fingerprint density at radius 3 is 2.54 bits per heavy atom. The maximum absolute atomic E-state index is 12.8. The van der Waals surface area contributed by atoms with Gasteiger partial charge in [0.15, 0.2) is 5.78 Å². The van der Waals surface area contributed by atoms with E-state index in [1.54, 1.807) is 12.1 Å². The molecule has 1 heterocycles. The Morgan fingerprint density at radius 1 is 1.23 bits per heavy atom. The molecule has 7 heteroatoms. The predicted molar refractivity (Wildman–Crippen MR) is 92.7 cm³/mol. The third-order valence-corrected chi connectivity index (χ3v) is 5.28. The molecule has 1 aliphatic carbocycles. The Labute approximate surface area is 151 Å². The molecule has 138 valence electrons. The van der Waals surface area contributed by atoms with Crippen LogP contribution < -0.4 is 10.1 Å². The predicted octanol–water partition coefficient (Wildman–Crippen LogP) is 2.30. The van der Waals surface area contributed by atoms with Crippen LogP contribution in [0.2, 0.25) is 0 Å². The number of benzene rings is 1. The summed E-state index contributed by atoms with van der Waals surface area (Å²) in [5, 5.41) is 2.80. The number of amides is 3. The van der Waals surface area contributed by atoms with Crippen molar-refractivity contribution >= 4 is 23.7 Å². The van der Waals surface area contributed by atoms with Crippen LogP contribution in [0.5, 0.6) is 5.75 Å². The molecule has 2 fully saturated rings. The lowest BCUT2D eigenvalue weighted by Crippen LogP contribution is -2.54. The molecule has 1 N–H and O–H groups in total. The standard InChI is InChI=1S/C19H22N2O5/c1-12-5-3-4-10-19(12)17(24)21(18(25)20-19)11-16(23)26-15-8-6-14(7-9-15)13(2)22/h6-9,12H,3-5,10-11H2,1-2H3,(H,20,25)/t12-,19-/m1/s1. The van der Waals surface area contributed by atoms with Crippen molar-refractivity contribution in [1.82, 2.24) is 10.2 Å². The van der Waals surface area contributed by atoms with Crippen LogP contribution in [-0.4, -0.2) is 40.7 Å². The smallest absolute Gasteiger partial charge is 0.331 e. The fraction of sp³-hybridized carbons (Fsp3) is 0.474. The molecule has 2 aliphatic rings. The van der Waals surface area contributed by atoms with Gasteiger partial charge in [0.25, 0.3) is 5.91 Å². The topological polar surface area (TPSA) is 92.8 Å². The van der Waals surface area contributed by atoms with Crippen molar-refractivity contribution in [2.45, 2.75) is 45.1 Å². The minimum atomic E-state index is -0.890. The largest absolute Gasteiger partial charge is 0.425 e. The summed E-state index contributed by atoms with van der Waals surface area (Å²) >= 11 is 0. The number of ether oxygens (including phenoxy) is 1. The van der Waals surface area contributed by atoms with Gasteiger partial charge in [-0.2, -0.15) is 0 Å². The lowest BCUT2D eigenvalue weighted by atomic mass is 9.73. The van der Waals surface area contributed by atoms with Crippen LogP contribution in [0.25, 0.3) is 0 Å². The number of rotatable bonds is 4. The van der Waals surface area contributed by atoms with Gasteiger partial charge in [0.2, 0.25) is 0 Å². The summed E-state index contributed by atoms with van der Waals surface area (Å²) in [6.45, 7) is 2.96. The zero-order valence-corrected chi connectivity index (χ0v) is 14.9. The van der Waals surface area contributed by atoms with Crippen molar-refractivity contribution in [2.75, 3.05) is 6.54 Å². The first-order valence-corrected chi connectivity index (χ1v) is 8.79. The summed E-state index contributed by atoms with van der Waals surface area (Å²) in [5.41, 5.74) is -0.384. The van der Waals surface area contributed by atoms with Crippen LogP contribution in [0.15, 0.2) is 24.3 Å². The number of hydrogen-bond acceptors (Lipinski definition) is 5. The number of carbonyl (C=O) groups is 4. The summed E-state index contributed by atoms with van der Waals surface area (Å²) in [4.78, 5) is 49.4. The van der Waals surface area contributed by atoms with Gasteiger partial charge in [0.05, 0.1) is 0 Å². The number of hydrogen-bond donors (Lipinski definition) is 1. The average molecular weight is 358 g/mol. The van der Waals surface area contributed by atoms with Crippen molar-refractivity contribution in [1.29, 1.82) is 0 Å². The molecule has 26 heavy (non-hydrogen) atoms. The zero-order chi connectivity index (χ0) is 18.9. The van der Waals surface area contributed by atoms with Crippen LogP contribution in [0.3, 0.4) is 0 Å². The molecule has 0 aromatic heterocycles. The molecule has 2 atom stereocenters. The van der Waals surface area contributed by atoms with Gasteiger partial charge < -0.3 is 10.1 Å². The second kappa shape index (κ2) is 6.90. The van der Waals surface area contributed by atoms with Crippen LogP contribution >= 0.6 is 0 Å². The Morgan fingerprint density at radius 2 is 1.92 bits per heavy atom. The molecule has 0 radical (unpaired) electrons. The molecule has 1 spiro atoms. The van der Waals surface area contributed by atoms with Crippen molar-refractivity contribution < 1.29 is 23.9 Å². The summed E-state index contributed by atoms with van der Waals surface area (Å²) < 4.78 is 5.19. The van der Waals surface area contributed by atoms with Gasteiger partial charge in [0, 0.05) is 5.56 Å². The van der Waals surface area contributed by atoms with Crippen molar-refractivity contribution in [2.24, 2.45) is 5.92 Å². The second-order valence-corrected chi connectivity index (χ2v) is 6.99. The van der Waals surface area contributed by atoms with E-state index in [0.717, 1.165) is 24.2 Å². The molecule has 1 saturated carbocycles. The van der Waals surface area contributed by atoms with Gasteiger partial charge in [-0.3, -0.25) is 14.5 Å². The number of ketones is 1. The summed E-state index contributed by atoms with van der Waals surface area (Å²) in [6, 6.07) is 5.57. The van der Waals surface area contributed by atoms with E-state index in [1.165, 1.54) is 19.1 Å². The highest BCUT2D eigenvalue weighted by atomic mass is 16.5. The van der Waals surface area contributed by atoms with E-state index >= 15 is 0 Å². The average Bonchev–Trinajstić information content (AvgIpc) is 2.83. The lowest BCUT2D eigenvalue weighted by molar-refractivity contribution is -0.142. The van der Waals surface area contributed by atoms with Gasteiger partial charge in [-0.25, -0.2) is 9.59 Å². The molecule has 7 nitrogen and oxygen atoms in total. The van der Waals surface area contributed by atoms with Crippen molar-refractivity contribution in [3.05, 3.63) is 29.8 Å². The first kappa shape index (κ1) is 18.1. The fourth-order valence-corrected chi connectivity index (χ4v) is 3.69. The number of urea groups is 1. The highest BCUT2D eigenvalue weighted by Crippen LogP contribution is 2.38. The third-order valence-electron chi connectivity index (χ3n) is 5.28.